The molecule has 3 nitrogen and oxygen atoms in total. The maximum absolute atomic E-state index is 11.7. The molecule has 0 heterocycles. The van der Waals surface area contributed by atoms with E-state index in [9.17, 15) is 4.79 Å². The average molecular weight is 226 g/mol. The van der Waals surface area contributed by atoms with Crippen LogP contribution in [-0.2, 0) is 0 Å². The van der Waals surface area contributed by atoms with Crippen molar-refractivity contribution in [2.45, 2.75) is 71.9 Å². The van der Waals surface area contributed by atoms with Crippen LogP contribution in [0.1, 0.15) is 60.3 Å². The van der Waals surface area contributed by atoms with Crippen LogP contribution in [0.3, 0.4) is 0 Å². The predicted octanol–water partition coefficient (Wildman–Crippen LogP) is 3.05. The van der Waals surface area contributed by atoms with Gasteiger partial charge in [0.2, 0.25) is 0 Å². The molecule has 0 radical (unpaired) electrons. The zero-order valence-corrected chi connectivity index (χ0v) is 11.3. The number of urea groups is 1. The summed E-state index contributed by atoms with van der Waals surface area (Å²) in [5, 5.41) is 6.00. The highest BCUT2D eigenvalue weighted by molar-refractivity contribution is 5.74. The van der Waals surface area contributed by atoms with Crippen LogP contribution in [0.4, 0.5) is 4.79 Å². The second-order valence-corrected chi connectivity index (χ2v) is 6.79. The van der Waals surface area contributed by atoms with Gasteiger partial charge in [-0.2, -0.15) is 0 Å². The van der Waals surface area contributed by atoms with Gasteiger partial charge in [0.1, 0.15) is 0 Å². The Hall–Kier alpha value is -0.730. The normalized spacial score (nSPS) is 21.6. The Morgan fingerprint density at radius 3 is 2.12 bits per heavy atom. The molecule has 3 heteroatoms. The Labute approximate surface area is 99.4 Å². The lowest BCUT2D eigenvalue weighted by Crippen LogP contribution is -2.50. The lowest BCUT2D eigenvalue weighted by molar-refractivity contribution is 0.194. The first kappa shape index (κ1) is 13.3. The van der Waals surface area contributed by atoms with Gasteiger partial charge in [-0.25, -0.2) is 4.79 Å². The fourth-order valence-corrected chi connectivity index (χ4v) is 2.11. The highest BCUT2D eigenvalue weighted by atomic mass is 16.2. The molecule has 0 aliphatic heterocycles. The lowest BCUT2D eigenvalue weighted by Gasteiger charge is -2.35. The standard InChI is InChI=1S/C13H26N2O/c1-12(2,3)15-11(16)14-10-6-8-13(4,5)9-7-10/h10H,6-9H2,1-5H3,(H2,14,15,16). The molecule has 1 aliphatic rings. The third-order valence-electron chi connectivity index (χ3n) is 3.16. The van der Waals surface area contributed by atoms with Gasteiger partial charge in [-0.3, -0.25) is 0 Å². The van der Waals surface area contributed by atoms with Gasteiger partial charge in [-0.15, -0.1) is 0 Å². The predicted molar refractivity (Wildman–Crippen MR) is 67.5 cm³/mol. The maximum Gasteiger partial charge on any atom is 0.315 e. The van der Waals surface area contributed by atoms with E-state index in [-0.39, 0.29) is 11.6 Å². The number of hydrogen-bond donors (Lipinski definition) is 2. The van der Waals surface area contributed by atoms with E-state index in [1.165, 1.54) is 12.8 Å². The lowest BCUT2D eigenvalue weighted by atomic mass is 9.75. The first-order chi connectivity index (χ1) is 7.18. The summed E-state index contributed by atoms with van der Waals surface area (Å²) in [6, 6.07) is 0.326. The van der Waals surface area contributed by atoms with Crippen molar-refractivity contribution in [1.29, 1.82) is 0 Å². The van der Waals surface area contributed by atoms with Crippen molar-refractivity contribution >= 4 is 6.03 Å². The number of amides is 2. The van der Waals surface area contributed by atoms with Gasteiger partial charge in [0.25, 0.3) is 0 Å². The SMILES string of the molecule is CC1(C)CCC(NC(=O)NC(C)(C)C)CC1. The van der Waals surface area contributed by atoms with Crippen molar-refractivity contribution in [3.05, 3.63) is 0 Å². The number of rotatable bonds is 1. The first-order valence-electron chi connectivity index (χ1n) is 6.27. The summed E-state index contributed by atoms with van der Waals surface area (Å²) in [5.41, 5.74) is 0.302. The zero-order valence-electron chi connectivity index (χ0n) is 11.3. The van der Waals surface area contributed by atoms with E-state index in [0.717, 1.165) is 12.8 Å². The van der Waals surface area contributed by atoms with Crippen LogP contribution >= 0.6 is 0 Å². The van der Waals surface area contributed by atoms with Crippen LogP contribution in [0.5, 0.6) is 0 Å². The van der Waals surface area contributed by atoms with Gasteiger partial charge in [-0.1, -0.05) is 13.8 Å². The monoisotopic (exact) mass is 226 g/mol. The van der Waals surface area contributed by atoms with Gasteiger partial charge < -0.3 is 10.6 Å². The third kappa shape index (κ3) is 4.86. The second-order valence-electron chi connectivity index (χ2n) is 6.79. The first-order valence-corrected chi connectivity index (χ1v) is 6.27. The van der Waals surface area contributed by atoms with Crippen LogP contribution in [-0.4, -0.2) is 17.6 Å². The fraction of sp³-hybridized carbons (Fsp3) is 0.923. The van der Waals surface area contributed by atoms with Gasteiger partial charge in [-0.05, 0) is 51.9 Å². The van der Waals surface area contributed by atoms with E-state index in [4.69, 9.17) is 0 Å². The smallest absolute Gasteiger partial charge is 0.315 e. The highest BCUT2D eigenvalue weighted by Crippen LogP contribution is 2.34. The summed E-state index contributed by atoms with van der Waals surface area (Å²) < 4.78 is 0. The molecule has 0 spiro atoms. The van der Waals surface area contributed by atoms with Crippen LogP contribution in [0.2, 0.25) is 0 Å². The van der Waals surface area contributed by atoms with Crippen LogP contribution < -0.4 is 10.6 Å². The van der Waals surface area contributed by atoms with E-state index in [1.54, 1.807) is 0 Å². The van der Waals surface area contributed by atoms with Gasteiger partial charge >= 0.3 is 6.03 Å². The topological polar surface area (TPSA) is 41.1 Å². The minimum Gasteiger partial charge on any atom is -0.335 e. The molecular weight excluding hydrogens is 200 g/mol. The fourth-order valence-electron chi connectivity index (χ4n) is 2.11. The summed E-state index contributed by atoms with van der Waals surface area (Å²) in [6.45, 7) is 10.6. The van der Waals surface area contributed by atoms with Crippen molar-refractivity contribution in [2.75, 3.05) is 0 Å². The Morgan fingerprint density at radius 2 is 1.69 bits per heavy atom. The van der Waals surface area contributed by atoms with Crippen molar-refractivity contribution in [3.8, 4) is 0 Å². The van der Waals surface area contributed by atoms with E-state index in [1.807, 2.05) is 20.8 Å². The summed E-state index contributed by atoms with van der Waals surface area (Å²) >= 11 is 0. The summed E-state index contributed by atoms with van der Waals surface area (Å²) in [7, 11) is 0. The summed E-state index contributed by atoms with van der Waals surface area (Å²) in [5.74, 6) is 0. The molecule has 0 aromatic carbocycles. The number of carbonyl (C=O) groups is 1. The molecule has 1 rings (SSSR count). The van der Waals surface area contributed by atoms with E-state index < -0.39 is 0 Å². The largest absolute Gasteiger partial charge is 0.335 e. The minimum absolute atomic E-state index is 0.0304. The summed E-state index contributed by atoms with van der Waals surface area (Å²) in [4.78, 5) is 11.7. The summed E-state index contributed by atoms with van der Waals surface area (Å²) in [6.07, 6.45) is 4.61. The number of nitrogens with one attached hydrogen (secondary N) is 2. The third-order valence-corrected chi connectivity index (χ3v) is 3.16. The van der Waals surface area contributed by atoms with Crippen LogP contribution in [0.25, 0.3) is 0 Å². The molecule has 0 atom stereocenters. The molecule has 1 fully saturated rings. The van der Waals surface area contributed by atoms with Crippen LogP contribution in [0, 0.1) is 5.41 Å². The molecule has 0 saturated heterocycles. The molecule has 0 bridgehead atoms. The van der Waals surface area contributed by atoms with Crippen molar-refractivity contribution in [3.63, 3.8) is 0 Å². The van der Waals surface area contributed by atoms with Gasteiger partial charge in [0, 0.05) is 11.6 Å². The Bertz CT molecular complexity index is 243. The molecule has 16 heavy (non-hydrogen) atoms. The van der Waals surface area contributed by atoms with Crippen molar-refractivity contribution in [2.24, 2.45) is 5.41 Å². The molecule has 0 unspecified atom stereocenters. The molecule has 94 valence electrons. The van der Waals surface area contributed by atoms with Gasteiger partial charge in [0.15, 0.2) is 0 Å². The maximum atomic E-state index is 11.7. The molecule has 0 aromatic rings. The van der Waals surface area contributed by atoms with E-state index >= 15 is 0 Å². The Morgan fingerprint density at radius 1 is 1.19 bits per heavy atom. The Balaban J connectivity index is 2.32. The second kappa shape index (κ2) is 4.64. The molecule has 2 amide bonds. The van der Waals surface area contributed by atoms with Crippen molar-refractivity contribution < 1.29 is 4.79 Å². The Kier molecular flexibility index (Phi) is 3.87. The molecule has 1 saturated carbocycles. The van der Waals surface area contributed by atoms with Crippen molar-refractivity contribution in [1.82, 2.24) is 10.6 Å². The number of hydrogen-bond acceptors (Lipinski definition) is 1. The molecule has 0 aromatic heterocycles. The van der Waals surface area contributed by atoms with E-state index in [2.05, 4.69) is 24.5 Å². The quantitative estimate of drug-likeness (QED) is 0.709. The zero-order chi connectivity index (χ0) is 12.4. The van der Waals surface area contributed by atoms with Gasteiger partial charge in [0.05, 0.1) is 0 Å². The highest BCUT2D eigenvalue weighted by Gasteiger charge is 2.27. The molecule has 2 N–H and O–H groups in total. The molecule has 1 aliphatic carbocycles. The van der Waals surface area contributed by atoms with E-state index in [0.29, 0.717) is 11.5 Å². The average Bonchev–Trinajstić information content (AvgIpc) is 2.05. The number of carbonyl (C=O) groups excluding carboxylic acids is 1. The minimum atomic E-state index is -0.155. The molecular formula is C13H26N2O. The van der Waals surface area contributed by atoms with Crippen LogP contribution in [0.15, 0.2) is 0 Å².